The van der Waals surface area contributed by atoms with Crippen LogP contribution in [0.4, 0.5) is 0 Å². The second-order valence-electron chi connectivity index (χ2n) is 8.50. The SMILES string of the molecule is C=C/C(=C\C(=C/C)c1cnc2n[nH]c(-c3cc4c(-c5ccc(C)s5)cccc4[nH]3)c2c1)CNCC. The van der Waals surface area contributed by atoms with Crippen molar-refractivity contribution in [1.82, 2.24) is 25.5 Å². The van der Waals surface area contributed by atoms with Crippen LogP contribution in [0.25, 0.3) is 49.3 Å². The second-order valence-corrected chi connectivity index (χ2v) is 9.79. The molecule has 0 bridgehead atoms. The largest absolute Gasteiger partial charge is 0.353 e. The van der Waals surface area contributed by atoms with Gasteiger partial charge in [-0.1, -0.05) is 43.9 Å². The number of hydrogen-bond donors (Lipinski definition) is 3. The zero-order chi connectivity index (χ0) is 24.4. The molecular formula is C29H29N5S. The number of thiophene rings is 1. The summed E-state index contributed by atoms with van der Waals surface area (Å²) in [5.41, 5.74) is 8.27. The number of aryl methyl sites for hydroxylation is 1. The molecule has 4 aromatic heterocycles. The van der Waals surface area contributed by atoms with E-state index in [1.807, 2.05) is 30.5 Å². The number of pyridine rings is 1. The lowest BCUT2D eigenvalue weighted by molar-refractivity contribution is 0.785. The highest BCUT2D eigenvalue weighted by molar-refractivity contribution is 7.15. The Kier molecular flexibility index (Phi) is 6.49. The molecule has 0 spiro atoms. The molecule has 0 saturated heterocycles. The van der Waals surface area contributed by atoms with E-state index in [-0.39, 0.29) is 0 Å². The van der Waals surface area contributed by atoms with Gasteiger partial charge in [0, 0.05) is 49.9 Å². The molecule has 0 aliphatic rings. The van der Waals surface area contributed by atoms with Crippen LogP contribution in [0.1, 0.15) is 24.3 Å². The molecule has 5 rings (SSSR count). The van der Waals surface area contributed by atoms with Crippen molar-refractivity contribution in [3.63, 3.8) is 0 Å². The highest BCUT2D eigenvalue weighted by atomic mass is 32.1. The van der Waals surface area contributed by atoms with Crippen LogP contribution < -0.4 is 5.32 Å². The minimum atomic E-state index is 0.701. The molecule has 176 valence electrons. The van der Waals surface area contributed by atoms with Crippen LogP contribution in [0.3, 0.4) is 0 Å². The fourth-order valence-corrected chi connectivity index (χ4v) is 5.24. The Morgan fingerprint density at radius 1 is 1.17 bits per heavy atom. The number of aromatic amines is 2. The molecule has 5 aromatic rings. The van der Waals surface area contributed by atoms with Gasteiger partial charge in [0.1, 0.15) is 0 Å². The summed E-state index contributed by atoms with van der Waals surface area (Å²) in [7, 11) is 0. The molecule has 0 saturated carbocycles. The van der Waals surface area contributed by atoms with Gasteiger partial charge in [-0.3, -0.25) is 5.10 Å². The van der Waals surface area contributed by atoms with E-state index in [0.29, 0.717) is 5.65 Å². The van der Waals surface area contributed by atoms with Crippen molar-refractivity contribution < 1.29 is 0 Å². The van der Waals surface area contributed by atoms with Crippen molar-refractivity contribution in [1.29, 1.82) is 0 Å². The van der Waals surface area contributed by atoms with E-state index in [1.54, 1.807) is 0 Å². The fraction of sp³-hybridized carbons (Fsp3) is 0.172. The van der Waals surface area contributed by atoms with Crippen molar-refractivity contribution in [2.75, 3.05) is 13.1 Å². The van der Waals surface area contributed by atoms with Crippen molar-refractivity contribution >= 4 is 38.8 Å². The zero-order valence-electron chi connectivity index (χ0n) is 20.3. The van der Waals surface area contributed by atoms with Gasteiger partial charge < -0.3 is 10.3 Å². The third-order valence-corrected chi connectivity index (χ3v) is 7.21. The van der Waals surface area contributed by atoms with E-state index in [4.69, 9.17) is 0 Å². The summed E-state index contributed by atoms with van der Waals surface area (Å²) in [5, 5.41) is 13.2. The quantitative estimate of drug-likeness (QED) is 0.205. The van der Waals surface area contributed by atoms with Crippen LogP contribution in [0.5, 0.6) is 0 Å². The second kappa shape index (κ2) is 9.86. The third-order valence-electron chi connectivity index (χ3n) is 6.18. The molecule has 3 N–H and O–H groups in total. The lowest BCUT2D eigenvalue weighted by Crippen LogP contribution is -2.15. The van der Waals surface area contributed by atoms with Gasteiger partial charge in [0.25, 0.3) is 0 Å². The molecule has 0 unspecified atom stereocenters. The molecule has 0 aliphatic heterocycles. The first-order valence-electron chi connectivity index (χ1n) is 11.8. The van der Waals surface area contributed by atoms with Gasteiger partial charge in [-0.25, -0.2) is 4.98 Å². The zero-order valence-corrected chi connectivity index (χ0v) is 21.1. The maximum atomic E-state index is 4.65. The predicted molar refractivity (Wildman–Crippen MR) is 150 cm³/mol. The maximum Gasteiger partial charge on any atom is 0.181 e. The van der Waals surface area contributed by atoms with Crippen LogP contribution in [0.15, 0.2) is 79.0 Å². The molecule has 0 fully saturated rings. The van der Waals surface area contributed by atoms with Crippen LogP contribution in [0, 0.1) is 6.92 Å². The summed E-state index contributed by atoms with van der Waals surface area (Å²) < 4.78 is 0. The number of likely N-dealkylation sites (N-methyl/N-ethyl adjacent to an activating group) is 1. The third kappa shape index (κ3) is 4.50. The number of nitrogens with zero attached hydrogens (tertiary/aromatic N) is 2. The lowest BCUT2D eigenvalue weighted by Gasteiger charge is -2.07. The van der Waals surface area contributed by atoms with Gasteiger partial charge in [-0.05, 0) is 61.9 Å². The summed E-state index contributed by atoms with van der Waals surface area (Å²) >= 11 is 1.82. The topological polar surface area (TPSA) is 69.4 Å². The first-order valence-corrected chi connectivity index (χ1v) is 12.7. The van der Waals surface area contributed by atoms with E-state index < -0.39 is 0 Å². The minimum Gasteiger partial charge on any atom is -0.353 e. The molecule has 1 aromatic carbocycles. The summed E-state index contributed by atoms with van der Waals surface area (Å²) in [6.45, 7) is 12.0. The maximum absolute atomic E-state index is 4.65. The molecule has 5 nitrogen and oxygen atoms in total. The number of allylic oxidation sites excluding steroid dienone is 3. The van der Waals surface area contributed by atoms with Gasteiger partial charge >= 0.3 is 0 Å². The summed E-state index contributed by atoms with van der Waals surface area (Å²) in [5.74, 6) is 0. The Balaban J connectivity index is 1.58. The monoisotopic (exact) mass is 479 g/mol. The fourth-order valence-electron chi connectivity index (χ4n) is 4.33. The van der Waals surface area contributed by atoms with Gasteiger partial charge in [-0.15, -0.1) is 11.3 Å². The lowest BCUT2D eigenvalue weighted by atomic mass is 10.0. The van der Waals surface area contributed by atoms with Crippen LogP contribution in [-0.2, 0) is 0 Å². The van der Waals surface area contributed by atoms with E-state index in [0.717, 1.165) is 52.1 Å². The molecule has 35 heavy (non-hydrogen) atoms. The van der Waals surface area contributed by atoms with Crippen molar-refractivity contribution in [2.45, 2.75) is 20.8 Å². The van der Waals surface area contributed by atoms with Crippen LogP contribution in [0.2, 0.25) is 0 Å². The number of fused-ring (bicyclic) bond motifs is 2. The molecule has 0 radical (unpaired) electrons. The normalized spacial score (nSPS) is 12.7. The molecule has 4 heterocycles. The number of hydrogen-bond acceptors (Lipinski definition) is 4. The number of aromatic nitrogens is 4. The Labute approximate surface area is 209 Å². The van der Waals surface area contributed by atoms with Crippen molar-refractivity contribution in [3.8, 4) is 21.8 Å². The summed E-state index contributed by atoms with van der Waals surface area (Å²) in [4.78, 5) is 10.8. The minimum absolute atomic E-state index is 0.701. The number of nitrogens with one attached hydrogen (secondary N) is 3. The van der Waals surface area contributed by atoms with Gasteiger partial charge in [-0.2, -0.15) is 5.10 Å². The summed E-state index contributed by atoms with van der Waals surface area (Å²) in [6.07, 6.45) is 8.06. The average Bonchev–Trinajstić information content (AvgIpc) is 3.61. The average molecular weight is 480 g/mol. The van der Waals surface area contributed by atoms with Crippen molar-refractivity contribution in [3.05, 3.63) is 89.5 Å². The Hall–Kier alpha value is -3.74. The summed E-state index contributed by atoms with van der Waals surface area (Å²) in [6, 6.07) is 15.2. The molecule has 0 aliphatic carbocycles. The van der Waals surface area contributed by atoms with Gasteiger partial charge in [0.05, 0.1) is 11.4 Å². The first kappa shape index (κ1) is 23.0. The standard InChI is InChI=1S/C29H29N5S/c1-5-19(16-30-7-3)13-20(6-2)21-14-24-28(33-34-29(24)31-17-21)26-15-23-22(9-8-10-25(23)32-26)27-12-11-18(4)35-27/h5-6,8-15,17,30,32H,1,7,16H2,2-4H3,(H,31,33,34)/b19-13+,20-6+. The van der Waals surface area contributed by atoms with E-state index in [1.165, 1.54) is 20.7 Å². The highest BCUT2D eigenvalue weighted by Gasteiger charge is 2.15. The number of rotatable bonds is 8. The van der Waals surface area contributed by atoms with E-state index in [9.17, 15) is 0 Å². The molecular weight excluding hydrogens is 450 g/mol. The Morgan fingerprint density at radius 3 is 2.80 bits per heavy atom. The van der Waals surface area contributed by atoms with E-state index >= 15 is 0 Å². The van der Waals surface area contributed by atoms with Crippen molar-refractivity contribution in [2.24, 2.45) is 0 Å². The molecule has 6 heteroatoms. The smallest absolute Gasteiger partial charge is 0.181 e. The van der Waals surface area contributed by atoms with Crippen LogP contribution in [-0.4, -0.2) is 33.3 Å². The Morgan fingerprint density at radius 2 is 2.06 bits per heavy atom. The van der Waals surface area contributed by atoms with Crippen LogP contribution >= 0.6 is 11.3 Å². The predicted octanol–water partition coefficient (Wildman–Crippen LogP) is 7.27. The number of benzene rings is 1. The number of H-pyrrole nitrogens is 2. The van der Waals surface area contributed by atoms with Gasteiger partial charge in [0.15, 0.2) is 5.65 Å². The Bertz CT molecular complexity index is 1580. The molecule has 0 atom stereocenters. The molecule has 0 amide bonds. The highest BCUT2D eigenvalue weighted by Crippen LogP contribution is 2.36. The van der Waals surface area contributed by atoms with Gasteiger partial charge in [0.2, 0.25) is 0 Å². The first-order chi connectivity index (χ1) is 17.1. The van der Waals surface area contributed by atoms with E-state index in [2.05, 4.69) is 101 Å².